The summed E-state index contributed by atoms with van der Waals surface area (Å²) in [5.41, 5.74) is 15.2. The third-order valence-corrected chi connectivity index (χ3v) is 5.12. The molecule has 1 aromatic carbocycles. The van der Waals surface area contributed by atoms with Crippen LogP contribution in [0.1, 0.15) is 34.1 Å². The minimum absolute atomic E-state index is 0.00796. The quantitative estimate of drug-likeness (QED) is 0.455. The van der Waals surface area contributed by atoms with Gasteiger partial charge in [0.05, 0.1) is 5.39 Å². The molecule has 3 aromatic heterocycles. The highest BCUT2D eigenvalue weighted by Crippen LogP contribution is 2.34. The zero-order valence-corrected chi connectivity index (χ0v) is 17.4. The maximum absolute atomic E-state index is 11.3. The molecule has 30 heavy (non-hydrogen) atoms. The summed E-state index contributed by atoms with van der Waals surface area (Å²) in [6.45, 7) is 8.51. The third-order valence-electron chi connectivity index (χ3n) is 5.12. The predicted octanol–water partition coefficient (Wildman–Crippen LogP) is 3.19. The van der Waals surface area contributed by atoms with Gasteiger partial charge in [-0.1, -0.05) is 20.8 Å². The van der Waals surface area contributed by atoms with Gasteiger partial charge < -0.3 is 15.9 Å². The first kappa shape index (κ1) is 19.6. The van der Waals surface area contributed by atoms with E-state index in [1.165, 1.54) is 6.92 Å². The molecule has 0 aliphatic heterocycles. The summed E-state index contributed by atoms with van der Waals surface area (Å²) in [7, 11) is 0. The van der Waals surface area contributed by atoms with Crippen molar-refractivity contribution in [2.24, 2.45) is 5.41 Å². The smallest absolute Gasteiger partial charge is 0.302 e. The summed E-state index contributed by atoms with van der Waals surface area (Å²) in [4.78, 5) is 24.1. The summed E-state index contributed by atoms with van der Waals surface area (Å²) < 4.78 is 7.38. The Morgan fingerprint density at radius 1 is 1.23 bits per heavy atom. The van der Waals surface area contributed by atoms with Gasteiger partial charge in [-0.15, -0.1) is 0 Å². The highest BCUT2D eigenvalue weighted by molar-refractivity contribution is 6.00. The van der Waals surface area contributed by atoms with Gasteiger partial charge in [-0.05, 0) is 30.0 Å². The van der Waals surface area contributed by atoms with Gasteiger partial charge in [-0.3, -0.25) is 10.1 Å². The Hall–Kier alpha value is -3.69. The van der Waals surface area contributed by atoms with E-state index in [2.05, 4.69) is 41.0 Å². The number of nitrogen functional groups attached to an aromatic ring is 2. The molecule has 0 spiro atoms. The summed E-state index contributed by atoms with van der Waals surface area (Å²) in [6.07, 6.45) is 0.969. The lowest BCUT2D eigenvalue weighted by Gasteiger charge is -2.22. The van der Waals surface area contributed by atoms with Crippen LogP contribution in [0.15, 0.2) is 22.6 Å². The molecule has 10 nitrogen and oxygen atoms in total. The summed E-state index contributed by atoms with van der Waals surface area (Å²) in [6, 6.07) is 5.61. The van der Waals surface area contributed by atoms with Crippen molar-refractivity contribution in [3.8, 4) is 11.3 Å². The van der Waals surface area contributed by atoms with Crippen LogP contribution in [0.2, 0.25) is 0 Å². The van der Waals surface area contributed by atoms with E-state index in [1.54, 1.807) is 6.07 Å². The number of benzene rings is 1. The Morgan fingerprint density at radius 3 is 2.70 bits per heavy atom. The first-order valence-electron chi connectivity index (χ1n) is 9.65. The highest BCUT2D eigenvalue weighted by Gasteiger charge is 2.23. The van der Waals surface area contributed by atoms with Gasteiger partial charge in [-0.25, -0.2) is 4.68 Å². The number of fused-ring (bicyclic) bond motifs is 2. The Morgan fingerprint density at radius 2 is 2.00 bits per heavy atom. The Kier molecular flexibility index (Phi) is 4.56. The topological polar surface area (TPSA) is 151 Å². The molecule has 5 N–H and O–H groups in total. The molecule has 156 valence electrons. The number of hydrogen-bond donors (Lipinski definition) is 3. The number of anilines is 3. The van der Waals surface area contributed by atoms with E-state index in [9.17, 15) is 4.79 Å². The van der Waals surface area contributed by atoms with Crippen molar-refractivity contribution in [2.45, 2.75) is 40.7 Å². The van der Waals surface area contributed by atoms with E-state index in [1.807, 2.05) is 16.8 Å². The maximum atomic E-state index is 11.3. The maximum Gasteiger partial charge on any atom is 0.302 e. The number of nitrogens with two attached hydrogens (primary N) is 2. The van der Waals surface area contributed by atoms with Crippen LogP contribution in [0, 0.1) is 5.41 Å². The number of carbonyl (C=O) groups is 1. The molecule has 1 amide bonds. The first-order valence-corrected chi connectivity index (χ1v) is 9.65. The van der Waals surface area contributed by atoms with Crippen LogP contribution in [0.3, 0.4) is 0 Å². The van der Waals surface area contributed by atoms with Crippen molar-refractivity contribution in [2.75, 3.05) is 16.8 Å². The van der Waals surface area contributed by atoms with Crippen LogP contribution < -0.4 is 16.8 Å². The van der Waals surface area contributed by atoms with E-state index in [-0.39, 0.29) is 29.1 Å². The van der Waals surface area contributed by atoms with Gasteiger partial charge >= 0.3 is 6.01 Å². The monoisotopic (exact) mass is 408 g/mol. The average Bonchev–Trinajstić information content (AvgIpc) is 3.21. The van der Waals surface area contributed by atoms with E-state index < -0.39 is 0 Å². The summed E-state index contributed by atoms with van der Waals surface area (Å²) >= 11 is 0. The summed E-state index contributed by atoms with van der Waals surface area (Å²) in [5.74, 6) is 0.119. The van der Waals surface area contributed by atoms with Crippen LogP contribution >= 0.6 is 0 Å². The van der Waals surface area contributed by atoms with Crippen LogP contribution in [0.25, 0.3) is 33.4 Å². The van der Waals surface area contributed by atoms with Crippen LogP contribution in [0.5, 0.6) is 0 Å². The molecule has 10 heteroatoms. The number of nitrogens with one attached hydrogen (secondary N) is 1. The van der Waals surface area contributed by atoms with Crippen molar-refractivity contribution in [3.63, 3.8) is 0 Å². The highest BCUT2D eigenvalue weighted by atomic mass is 16.4. The Bertz CT molecular complexity index is 1270. The number of aromatic nitrogens is 5. The van der Waals surface area contributed by atoms with Gasteiger partial charge in [0.1, 0.15) is 17.0 Å². The average molecular weight is 408 g/mol. The van der Waals surface area contributed by atoms with Crippen LogP contribution in [0.4, 0.5) is 17.8 Å². The molecule has 0 aliphatic carbocycles. The SMILES string of the molecule is CCC(C)(C)Cn1nc(-c2ccc3oc(NC(C)=O)nc3c2)c2c(N)nc(N)nc21. The number of nitrogens with zero attached hydrogens (tertiary/aromatic N) is 5. The molecule has 0 bridgehead atoms. The molecule has 0 saturated heterocycles. The predicted molar refractivity (Wildman–Crippen MR) is 116 cm³/mol. The molecule has 0 unspecified atom stereocenters. The zero-order chi connectivity index (χ0) is 21.6. The van der Waals surface area contributed by atoms with Gasteiger partial charge in [0, 0.05) is 19.0 Å². The van der Waals surface area contributed by atoms with Crippen molar-refractivity contribution in [1.82, 2.24) is 24.7 Å². The van der Waals surface area contributed by atoms with Gasteiger partial charge in [0.2, 0.25) is 11.9 Å². The largest absolute Gasteiger partial charge is 0.423 e. The van der Waals surface area contributed by atoms with Crippen molar-refractivity contribution in [1.29, 1.82) is 0 Å². The third kappa shape index (κ3) is 3.51. The standard InChI is InChI=1S/C20H24N8O2/c1-5-20(3,4)9-28-17-14(16(21)25-18(22)26-17)15(27-28)11-6-7-13-12(8-11)24-19(30-13)23-10(2)29/h6-8H,5,9H2,1-4H3,(H,23,24,29)(H4,21,22,25,26). The summed E-state index contributed by atoms with van der Waals surface area (Å²) in [5, 5.41) is 7.99. The fourth-order valence-electron chi connectivity index (χ4n) is 3.22. The minimum atomic E-state index is -0.257. The number of oxazole rings is 1. The van der Waals surface area contributed by atoms with E-state index in [4.69, 9.17) is 21.0 Å². The number of carbonyl (C=O) groups excluding carboxylic acids is 1. The van der Waals surface area contributed by atoms with Crippen molar-refractivity contribution in [3.05, 3.63) is 18.2 Å². The van der Waals surface area contributed by atoms with E-state index in [0.717, 1.165) is 12.0 Å². The van der Waals surface area contributed by atoms with Crippen LogP contribution in [-0.4, -0.2) is 30.6 Å². The molecule has 0 saturated carbocycles. The molecule has 4 aromatic rings. The Balaban J connectivity index is 1.88. The fourth-order valence-corrected chi connectivity index (χ4v) is 3.22. The van der Waals surface area contributed by atoms with Crippen molar-refractivity contribution < 1.29 is 9.21 Å². The Labute approximate surface area is 172 Å². The number of hydrogen-bond acceptors (Lipinski definition) is 8. The van der Waals surface area contributed by atoms with Gasteiger partial charge in [0.15, 0.2) is 11.2 Å². The van der Waals surface area contributed by atoms with Gasteiger partial charge in [-0.2, -0.15) is 20.1 Å². The second-order valence-corrected chi connectivity index (χ2v) is 8.07. The van der Waals surface area contributed by atoms with E-state index in [0.29, 0.717) is 34.4 Å². The number of amides is 1. The lowest BCUT2D eigenvalue weighted by atomic mass is 9.90. The second-order valence-electron chi connectivity index (χ2n) is 8.07. The van der Waals surface area contributed by atoms with Crippen molar-refractivity contribution >= 4 is 45.8 Å². The molecular weight excluding hydrogens is 384 g/mol. The number of rotatable bonds is 5. The van der Waals surface area contributed by atoms with E-state index >= 15 is 0 Å². The lowest BCUT2D eigenvalue weighted by Crippen LogP contribution is -2.20. The minimum Gasteiger partial charge on any atom is -0.423 e. The fraction of sp³-hybridized carbons (Fsp3) is 0.350. The lowest BCUT2D eigenvalue weighted by molar-refractivity contribution is -0.114. The molecular formula is C20H24N8O2. The zero-order valence-electron chi connectivity index (χ0n) is 17.4. The van der Waals surface area contributed by atoms with Crippen LogP contribution in [-0.2, 0) is 11.3 Å². The molecule has 0 atom stereocenters. The second kappa shape index (κ2) is 6.97. The normalized spacial score (nSPS) is 12.0. The molecule has 4 rings (SSSR count). The molecule has 0 aliphatic rings. The molecule has 0 fully saturated rings. The van der Waals surface area contributed by atoms with Gasteiger partial charge in [0.25, 0.3) is 0 Å². The molecule has 3 heterocycles. The molecule has 0 radical (unpaired) electrons. The first-order chi connectivity index (χ1) is 14.2.